The summed E-state index contributed by atoms with van der Waals surface area (Å²) in [5, 5.41) is 1.57. The van der Waals surface area contributed by atoms with Gasteiger partial charge in [0.15, 0.2) is 0 Å². The van der Waals surface area contributed by atoms with Gasteiger partial charge in [0.05, 0.1) is 15.8 Å². The number of hydrogen-bond acceptors (Lipinski definition) is 7. The lowest BCUT2D eigenvalue weighted by atomic mass is 9.79. The molecule has 5 rings (SSSR count). The Balaban J connectivity index is 1.49. The minimum atomic E-state index is -0.482. The van der Waals surface area contributed by atoms with E-state index in [1.165, 1.54) is 16.9 Å². The summed E-state index contributed by atoms with van der Waals surface area (Å²) in [6.07, 6.45) is 2.03. The van der Waals surface area contributed by atoms with Crippen LogP contribution in [0.4, 0.5) is 5.69 Å². The molecule has 0 fully saturated rings. The van der Waals surface area contributed by atoms with Crippen molar-refractivity contribution in [2.24, 2.45) is 0 Å². The second-order valence-corrected chi connectivity index (χ2v) is 12.7. The fraction of sp³-hybridized carbons (Fsp3) is 0.433. The van der Waals surface area contributed by atoms with Crippen molar-refractivity contribution in [2.75, 3.05) is 11.4 Å². The Bertz CT molecular complexity index is 1510. The Morgan fingerprint density at radius 1 is 1.22 bits per heavy atom. The van der Waals surface area contributed by atoms with Crippen molar-refractivity contribution < 1.29 is 13.9 Å². The Kier molecular flexibility index (Phi) is 6.39. The first-order valence-corrected chi connectivity index (χ1v) is 13.7. The van der Waals surface area contributed by atoms with Gasteiger partial charge in [-0.1, -0.05) is 19.1 Å². The molecule has 1 aliphatic rings. The first-order chi connectivity index (χ1) is 17.4. The molecule has 0 saturated heterocycles. The van der Waals surface area contributed by atoms with E-state index in [-0.39, 0.29) is 17.1 Å². The lowest BCUT2D eigenvalue weighted by Gasteiger charge is -2.47. The van der Waals surface area contributed by atoms with Crippen molar-refractivity contribution >= 4 is 44.2 Å². The van der Waals surface area contributed by atoms with Gasteiger partial charge in [-0.25, -0.2) is 9.78 Å². The number of carbonyl (C=O) groups excluding carboxylic acids is 1. The number of esters is 1. The highest BCUT2D eigenvalue weighted by Crippen LogP contribution is 2.45. The maximum Gasteiger partial charge on any atom is 0.346 e. The Hall–Kier alpha value is -3.19. The zero-order valence-corrected chi connectivity index (χ0v) is 23.2. The predicted molar refractivity (Wildman–Crippen MR) is 151 cm³/mol. The first-order valence-electron chi connectivity index (χ1n) is 12.9. The van der Waals surface area contributed by atoms with Crippen LogP contribution in [0.5, 0.6) is 0 Å². The zero-order valence-electron chi connectivity index (χ0n) is 22.4. The number of anilines is 1. The minimum absolute atomic E-state index is 0.102. The van der Waals surface area contributed by atoms with Gasteiger partial charge in [0.1, 0.15) is 16.2 Å². The molecule has 1 aliphatic heterocycles. The number of carbonyl (C=O) groups is 1. The number of fused-ring (bicyclic) bond motifs is 3. The summed E-state index contributed by atoms with van der Waals surface area (Å²) in [5.41, 5.74) is 3.27. The third-order valence-corrected chi connectivity index (χ3v) is 8.02. The summed E-state index contributed by atoms with van der Waals surface area (Å²) >= 11 is 1.50. The molecule has 0 spiro atoms. The smallest absolute Gasteiger partial charge is 0.346 e. The first kappa shape index (κ1) is 25.5. The number of hydrogen-bond donors (Lipinski definition) is 0. The van der Waals surface area contributed by atoms with E-state index in [1.54, 1.807) is 0 Å². The molecule has 0 amide bonds. The van der Waals surface area contributed by atoms with Crippen LogP contribution in [-0.2, 0) is 9.53 Å². The van der Waals surface area contributed by atoms with E-state index in [4.69, 9.17) is 9.15 Å². The van der Waals surface area contributed by atoms with Gasteiger partial charge in [0.2, 0.25) is 0 Å². The van der Waals surface area contributed by atoms with Crippen LogP contribution in [0.15, 0.2) is 51.7 Å². The fourth-order valence-electron chi connectivity index (χ4n) is 5.43. The van der Waals surface area contributed by atoms with Crippen LogP contribution in [0.1, 0.15) is 72.3 Å². The van der Waals surface area contributed by atoms with Crippen molar-refractivity contribution in [3.63, 3.8) is 0 Å². The van der Waals surface area contributed by atoms with Crippen LogP contribution in [0.25, 0.3) is 31.8 Å². The number of ether oxygens (including phenoxy) is 1. The van der Waals surface area contributed by atoms with Crippen LogP contribution >= 0.6 is 11.3 Å². The third kappa shape index (κ3) is 5.14. The number of aromatic nitrogens is 1. The molecular formula is C30H34N2O4S. The van der Waals surface area contributed by atoms with E-state index >= 15 is 0 Å². The zero-order chi connectivity index (χ0) is 26.5. The molecular weight excluding hydrogens is 484 g/mol. The molecule has 3 heterocycles. The molecule has 0 saturated carbocycles. The molecule has 4 aromatic rings. The number of rotatable bonds is 5. The quantitative estimate of drug-likeness (QED) is 0.204. The standard InChI is InChI=1S/C30H34N2O4S/c1-18-17-30(5,6)32(13-9-12-26(33)36-29(2,3)4)23-16-24-19(14-20(18)23)15-21(28(34)35-24)27-31-22-10-7-8-11-25(22)37-27/h7-8,10-11,14-16,18H,9,12-13,17H2,1-6H3. The van der Waals surface area contributed by atoms with Gasteiger partial charge in [0.25, 0.3) is 0 Å². The molecule has 7 heteroatoms. The number of benzene rings is 2. The molecule has 2 aromatic heterocycles. The van der Waals surface area contributed by atoms with Crippen molar-refractivity contribution in [3.05, 3.63) is 58.4 Å². The third-order valence-electron chi connectivity index (χ3n) is 6.95. The van der Waals surface area contributed by atoms with Crippen molar-refractivity contribution in [2.45, 2.75) is 77.9 Å². The van der Waals surface area contributed by atoms with Gasteiger partial charge in [-0.3, -0.25) is 4.79 Å². The largest absolute Gasteiger partial charge is 0.460 e. The van der Waals surface area contributed by atoms with Crippen LogP contribution in [-0.4, -0.2) is 28.6 Å². The molecule has 1 atom stereocenters. The molecule has 0 radical (unpaired) electrons. The Morgan fingerprint density at radius 3 is 2.70 bits per heavy atom. The van der Waals surface area contributed by atoms with Gasteiger partial charge in [0, 0.05) is 35.6 Å². The summed E-state index contributed by atoms with van der Waals surface area (Å²) in [6.45, 7) is 13.1. The second kappa shape index (κ2) is 9.28. The summed E-state index contributed by atoms with van der Waals surface area (Å²) in [5.74, 6) is 0.164. The number of thiazole rings is 1. The molecule has 0 aliphatic carbocycles. The molecule has 0 bridgehead atoms. The van der Waals surface area contributed by atoms with Crippen LogP contribution in [0.2, 0.25) is 0 Å². The second-order valence-electron chi connectivity index (χ2n) is 11.6. The normalized spacial score (nSPS) is 17.2. The average Bonchev–Trinajstić information content (AvgIpc) is 3.22. The molecule has 194 valence electrons. The molecule has 2 aromatic carbocycles. The highest BCUT2D eigenvalue weighted by Gasteiger charge is 2.36. The van der Waals surface area contributed by atoms with Crippen molar-refractivity contribution in [3.8, 4) is 10.6 Å². The molecule has 1 unspecified atom stereocenters. The van der Waals surface area contributed by atoms with E-state index in [0.717, 1.165) is 27.7 Å². The van der Waals surface area contributed by atoms with Crippen molar-refractivity contribution in [1.82, 2.24) is 4.98 Å². The van der Waals surface area contributed by atoms with Gasteiger partial charge in [-0.05, 0) is 83.2 Å². The van der Waals surface area contributed by atoms with E-state index in [0.29, 0.717) is 41.5 Å². The minimum Gasteiger partial charge on any atom is -0.460 e. The molecule has 37 heavy (non-hydrogen) atoms. The van der Waals surface area contributed by atoms with Gasteiger partial charge >= 0.3 is 11.6 Å². The SMILES string of the molecule is CC1CC(C)(C)N(CCCC(=O)OC(C)(C)C)c2cc3oc(=O)c(-c4nc5ccccc5s4)cc3cc21. The van der Waals surface area contributed by atoms with E-state index in [2.05, 4.69) is 36.7 Å². The van der Waals surface area contributed by atoms with Gasteiger partial charge in [-0.2, -0.15) is 0 Å². The number of nitrogens with zero attached hydrogens (tertiary/aromatic N) is 2. The Labute approximate surface area is 221 Å². The average molecular weight is 519 g/mol. The van der Waals surface area contributed by atoms with Crippen LogP contribution in [0.3, 0.4) is 0 Å². The van der Waals surface area contributed by atoms with Crippen LogP contribution in [0, 0.1) is 0 Å². The summed E-state index contributed by atoms with van der Waals surface area (Å²) in [4.78, 5) is 32.4. The predicted octanol–water partition coefficient (Wildman–Crippen LogP) is 7.28. The van der Waals surface area contributed by atoms with E-state index in [9.17, 15) is 9.59 Å². The maximum atomic E-state index is 13.0. The number of para-hydroxylation sites is 1. The summed E-state index contributed by atoms with van der Waals surface area (Å²) in [6, 6.07) is 14.0. The van der Waals surface area contributed by atoms with E-state index in [1.807, 2.05) is 57.2 Å². The van der Waals surface area contributed by atoms with Crippen molar-refractivity contribution in [1.29, 1.82) is 0 Å². The molecule has 0 N–H and O–H groups in total. The highest BCUT2D eigenvalue weighted by molar-refractivity contribution is 7.21. The van der Waals surface area contributed by atoms with E-state index < -0.39 is 5.60 Å². The lowest BCUT2D eigenvalue weighted by Crippen LogP contribution is -2.48. The lowest BCUT2D eigenvalue weighted by molar-refractivity contribution is -0.154. The molecule has 6 nitrogen and oxygen atoms in total. The monoisotopic (exact) mass is 518 g/mol. The highest BCUT2D eigenvalue weighted by atomic mass is 32.1. The fourth-order valence-corrected chi connectivity index (χ4v) is 6.40. The summed E-state index contributed by atoms with van der Waals surface area (Å²) in [7, 11) is 0. The van der Waals surface area contributed by atoms with Gasteiger partial charge < -0.3 is 14.1 Å². The summed E-state index contributed by atoms with van der Waals surface area (Å²) < 4.78 is 12.4. The topological polar surface area (TPSA) is 72.6 Å². The van der Waals surface area contributed by atoms with Gasteiger partial charge in [-0.15, -0.1) is 11.3 Å². The maximum absolute atomic E-state index is 13.0. The van der Waals surface area contributed by atoms with Crippen LogP contribution < -0.4 is 10.5 Å². The Morgan fingerprint density at radius 2 is 1.97 bits per heavy atom.